The van der Waals surface area contributed by atoms with Crippen molar-refractivity contribution in [2.24, 2.45) is 0 Å². The maximum atomic E-state index is 12.1. The van der Waals surface area contributed by atoms with Crippen LogP contribution in [0.15, 0.2) is 30.6 Å². The second-order valence-corrected chi connectivity index (χ2v) is 4.88. The van der Waals surface area contributed by atoms with E-state index in [2.05, 4.69) is 37.9 Å². The summed E-state index contributed by atoms with van der Waals surface area (Å²) in [6, 6.07) is 8.08. The summed E-state index contributed by atoms with van der Waals surface area (Å²) in [4.78, 5) is 16.1. The molecule has 104 valence electrons. The van der Waals surface area contributed by atoms with Crippen LogP contribution in [0.5, 0.6) is 0 Å². The van der Waals surface area contributed by atoms with Crippen LogP contribution in [0.1, 0.15) is 17.0 Å². The number of H-pyrrole nitrogens is 1. The number of amides is 1. The van der Waals surface area contributed by atoms with Crippen molar-refractivity contribution in [2.75, 3.05) is 6.54 Å². The van der Waals surface area contributed by atoms with Gasteiger partial charge in [-0.1, -0.05) is 24.3 Å². The first-order chi connectivity index (χ1) is 9.83. The lowest BCUT2D eigenvalue weighted by Gasteiger charge is -2.25. The van der Waals surface area contributed by atoms with Gasteiger partial charge in [-0.3, -0.25) is 9.89 Å². The lowest BCUT2D eigenvalue weighted by atomic mass is 9.95. The maximum absolute atomic E-state index is 12.1. The van der Waals surface area contributed by atoms with E-state index in [1.54, 1.807) is 0 Å². The zero-order valence-corrected chi connectivity index (χ0v) is 11.1. The summed E-state index contributed by atoms with van der Waals surface area (Å²) in [5.41, 5.74) is 2.53. The SMILES string of the molecule is O=C(NCCc1ncn[nH]1)[C@@H]1Cc2ccccc2CN1. The zero-order valence-electron chi connectivity index (χ0n) is 11.1. The highest BCUT2D eigenvalue weighted by Gasteiger charge is 2.23. The average Bonchev–Trinajstić information content (AvgIpc) is 3.00. The molecule has 2 heterocycles. The normalized spacial score (nSPS) is 17.5. The van der Waals surface area contributed by atoms with Crippen LogP contribution in [-0.2, 0) is 24.2 Å². The van der Waals surface area contributed by atoms with Crippen molar-refractivity contribution >= 4 is 5.91 Å². The van der Waals surface area contributed by atoms with Crippen molar-refractivity contribution in [1.82, 2.24) is 25.8 Å². The van der Waals surface area contributed by atoms with Crippen LogP contribution in [-0.4, -0.2) is 33.7 Å². The first kappa shape index (κ1) is 12.8. The Morgan fingerprint density at radius 1 is 1.35 bits per heavy atom. The van der Waals surface area contributed by atoms with E-state index in [0.717, 1.165) is 18.8 Å². The zero-order chi connectivity index (χ0) is 13.8. The number of aromatic amines is 1. The molecule has 2 aromatic rings. The Balaban J connectivity index is 1.51. The van der Waals surface area contributed by atoms with Crippen molar-refractivity contribution in [3.05, 3.63) is 47.5 Å². The molecule has 0 bridgehead atoms. The molecule has 0 unspecified atom stereocenters. The molecule has 0 saturated carbocycles. The minimum absolute atomic E-state index is 0.0408. The number of carbonyl (C=O) groups is 1. The number of benzene rings is 1. The van der Waals surface area contributed by atoms with E-state index in [1.807, 2.05) is 12.1 Å². The number of aromatic nitrogens is 3. The van der Waals surface area contributed by atoms with Crippen molar-refractivity contribution in [3.63, 3.8) is 0 Å². The van der Waals surface area contributed by atoms with E-state index in [4.69, 9.17) is 0 Å². The predicted molar refractivity (Wildman–Crippen MR) is 73.9 cm³/mol. The van der Waals surface area contributed by atoms with Gasteiger partial charge in [-0.25, -0.2) is 4.98 Å². The highest BCUT2D eigenvalue weighted by atomic mass is 16.2. The molecule has 1 amide bonds. The predicted octanol–water partition coefficient (Wildman–Crippen LogP) is 0.178. The van der Waals surface area contributed by atoms with E-state index < -0.39 is 0 Å². The van der Waals surface area contributed by atoms with E-state index in [9.17, 15) is 4.79 Å². The summed E-state index contributed by atoms with van der Waals surface area (Å²) in [5, 5.41) is 12.8. The van der Waals surface area contributed by atoms with Crippen LogP contribution < -0.4 is 10.6 Å². The summed E-state index contributed by atoms with van der Waals surface area (Å²) in [7, 11) is 0. The van der Waals surface area contributed by atoms with Crippen LogP contribution in [0, 0.1) is 0 Å². The lowest BCUT2D eigenvalue weighted by molar-refractivity contribution is -0.123. The molecule has 1 aromatic carbocycles. The topological polar surface area (TPSA) is 82.7 Å². The van der Waals surface area contributed by atoms with Crippen LogP contribution in [0.3, 0.4) is 0 Å². The number of hydrogen-bond acceptors (Lipinski definition) is 4. The Kier molecular flexibility index (Phi) is 3.73. The molecule has 1 aliphatic rings. The van der Waals surface area contributed by atoms with E-state index >= 15 is 0 Å². The van der Waals surface area contributed by atoms with Gasteiger partial charge in [-0.2, -0.15) is 5.10 Å². The Bertz CT molecular complexity index is 581. The van der Waals surface area contributed by atoms with Crippen molar-refractivity contribution < 1.29 is 4.79 Å². The summed E-state index contributed by atoms with van der Waals surface area (Å²) < 4.78 is 0. The van der Waals surface area contributed by atoms with Gasteiger partial charge in [0.1, 0.15) is 12.2 Å². The van der Waals surface area contributed by atoms with Gasteiger partial charge in [0.05, 0.1) is 6.04 Å². The highest BCUT2D eigenvalue weighted by Crippen LogP contribution is 2.16. The third kappa shape index (κ3) is 2.85. The summed E-state index contributed by atoms with van der Waals surface area (Å²) in [5.74, 6) is 0.825. The molecular weight excluding hydrogens is 254 g/mol. The Labute approximate surface area is 117 Å². The summed E-state index contributed by atoms with van der Waals surface area (Å²) in [6.45, 7) is 1.31. The van der Waals surface area contributed by atoms with Crippen molar-refractivity contribution in [3.8, 4) is 0 Å². The molecule has 3 N–H and O–H groups in total. The molecule has 0 spiro atoms. The van der Waals surface area contributed by atoms with Gasteiger partial charge in [0.25, 0.3) is 0 Å². The second kappa shape index (κ2) is 5.83. The van der Waals surface area contributed by atoms with Gasteiger partial charge >= 0.3 is 0 Å². The second-order valence-electron chi connectivity index (χ2n) is 4.88. The first-order valence-electron chi connectivity index (χ1n) is 6.75. The number of hydrogen-bond donors (Lipinski definition) is 3. The number of nitrogens with zero attached hydrogens (tertiary/aromatic N) is 2. The molecule has 1 atom stereocenters. The quantitative estimate of drug-likeness (QED) is 0.740. The van der Waals surface area contributed by atoms with E-state index in [1.165, 1.54) is 17.5 Å². The number of rotatable bonds is 4. The van der Waals surface area contributed by atoms with Crippen molar-refractivity contribution in [2.45, 2.75) is 25.4 Å². The van der Waals surface area contributed by atoms with Crippen molar-refractivity contribution in [1.29, 1.82) is 0 Å². The van der Waals surface area contributed by atoms with Crippen LogP contribution in [0.25, 0.3) is 0 Å². The number of carbonyl (C=O) groups excluding carboxylic acids is 1. The summed E-state index contributed by atoms with van der Waals surface area (Å²) >= 11 is 0. The van der Waals surface area contributed by atoms with E-state index in [0.29, 0.717) is 13.0 Å². The molecule has 0 aliphatic carbocycles. The largest absolute Gasteiger partial charge is 0.354 e. The third-order valence-corrected chi connectivity index (χ3v) is 3.52. The average molecular weight is 271 g/mol. The molecule has 1 aromatic heterocycles. The Hall–Kier alpha value is -2.21. The lowest BCUT2D eigenvalue weighted by Crippen LogP contribution is -2.48. The van der Waals surface area contributed by atoms with Crippen LogP contribution >= 0.6 is 0 Å². The number of fused-ring (bicyclic) bond motifs is 1. The van der Waals surface area contributed by atoms with Gasteiger partial charge < -0.3 is 10.6 Å². The maximum Gasteiger partial charge on any atom is 0.237 e. The van der Waals surface area contributed by atoms with Gasteiger partial charge in [-0.05, 0) is 17.5 Å². The van der Waals surface area contributed by atoms with Gasteiger partial charge in [0.2, 0.25) is 5.91 Å². The van der Waals surface area contributed by atoms with Gasteiger partial charge in [0, 0.05) is 19.5 Å². The third-order valence-electron chi connectivity index (χ3n) is 3.52. The smallest absolute Gasteiger partial charge is 0.237 e. The van der Waals surface area contributed by atoms with Crippen LogP contribution in [0.4, 0.5) is 0 Å². The molecule has 3 rings (SSSR count). The number of nitrogens with one attached hydrogen (secondary N) is 3. The monoisotopic (exact) mass is 271 g/mol. The molecule has 1 aliphatic heterocycles. The molecule has 0 radical (unpaired) electrons. The minimum Gasteiger partial charge on any atom is -0.354 e. The summed E-state index contributed by atoms with van der Waals surface area (Å²) in [6.07, 6.45) is 2.87. The molecular formula is C14H17N5O. The first-order valence-corrected chi connectivity index (χ1v) is 6.75. The van der Waals surface area contributed by atoms with Crippen LogP contribution in [0.2, 0.25) is 0 Å². The molecule has 0 saturated heterocycles. The Morgan fingerprint density at radius 2 is 2.20 bits per heavy atom. The fourth-order valence-electron chi connectivity index (χ4n) is 2.42. The fraction of sp³-hybridized carbons (Fsp3) is 0.357. The van der Waals surface area contributed by atoms with Gasteiger partial charge in [0.15, 0.2) is 0 Å². The van der Waals surface area contributed by atoms with E-state index in [-0.39, 0.29) is 11.9 Å². The minimum atomic E-state index is -0.153. The standard InChI is InChI=1S/C14H17N5O/c20-14(15-6-5-13-17-9-18-19-13)12-7-10-3-1-2-4-11(10)8-16-12/h1-4,9,12,16H,5-8H2,(H,15,20)(H,17,18,19)/t12-/m0/s1. The molecule has 0 fully saturated rings. The Morgan fingerprint density at radius 3 is 3.00 bits per heavy atom. The molecule has 6 heteroatoms. The van der Waals surface area contributed by atoms with Gasteiger partial charge in [-0.15, -0.1) is 0 Å². The molecule has 20 heavy (non-hydrogen) atoms. The fourth-order valence-corrected chi connectivity index (χ4v) is 2.42. The highest BCUT2D eigenvalue weighted by molar-refractivity contribution is 5.82. The molecule has 6 nitrogen and oxygen atoms in total.